The number of carbonyl (C=O) groups is 1. The van der Waals surface area contributed by atoms with Crippen LogP contribution >= 0.6 is 6.64 Å². The lowest BCUT2D eigenvalue weighted by molar-refractivity contribution is -0.149. The predicted molar refractivity (Wildman–Crippen MR) is 140 cm³/mol. The molecule has 6 N–H and O–H groups in total. The molecule has 0 bridgehead atoms. The number of rotatable bonds is 10. The minimum Gasteiger partial charge on any atom is -0.462 e. The van der Waals surface area contributed by atoms with Gasteiger partial charge in [0.25, 0.3) is 5.56 Å². The van der Waals surface area contributed by atoms with Gasteiger partial charge in [-0.3, -0.25) is 19.1 Å². The first-order chi connectivity index (χ1) is 18.0. The van der Waals surface area contributed by atoms with Crippen molar-refractivity contribution in [3.63, 3.8) is 0 Å². The molecule has 0 spiro atoms. The normalized spacial score (nSPS) is 23.8. The van der Waals surface area contributed by atoms with Crippen molar-refractivity contribution < 1.29 is 33.5 Å². The Kier molecular flexibility index (Phi) is 8.47. The van der Waals surface area contributed by atoms with E-state index in [4.69, 9.17) is 36.1 Å². The SMILES string of the molecule is CC(C)OC(=O)C(C)NP(=S)(OC[C@H]1O[C@@H](n2cnc3c(=O)[nH]c(N)nc32)C(O)C1O)Oc1ccccc1. The Bertz CT molecular complexity index is 1390. The smallest absolute Gasteiger partial charge is 0.323 e. The standard InChI is InChI=1S/C22H29N6O8PS/c1-11(2)34-21(32)12(3)27-37(38,36-13-7-5-4-6-8-13)33-9-14-16(29)17(30)20(35-14)28-10-24-15-18(28)25-22(23)26-19(15)31/h4-8,10-12,14,16-17,20,29-30H,9H2,1-3H3,(H,27,38)(H3,23,25,26,31)/t12?,14-,16?,17?,20-,37?/m1/s1. The number of fused-ring (bicyclic) bond motifs is 1. The molecule has 1 fully saturated rings. The highest BCUT2D eigenvalue weighted by molar-refractivity contribution is 8.09. The summed E-state index contributed by atoms with van der Waals surface area (Å²) in [6.07, 6.45) is -4.13. The van der Waals surface area contributed by atoms with Crippen LogP contribution in [0.25, 0.3) is 11.2 Å². The number of nitrogens with two attached hydrogens (primary N) is 1. The first kappa shape index (κ1) is 28.1. The van der Waals surface area contributed by atoms with Crippen molar-refractivity contribution in [1.82, 2.24) is 24.6 Å². The van der Waals surface area contributed by atoms with Gasteiger partial charge in [-0.1, -0.05) is 18.2 Å². The topological polar surface area (TPSA) is 196 Å². The van der Waals surface area contributed by atoms with Crippen LogP contribution in [0.1, 0.15) is 27.0 Å². The van der Waals surface area contributed by atoms with Gasteiger partial charge in [-0.25, -0.2) is 10.1 Å². The molecule has 38 heavy (non-hydrogen) atoms. The zero-order valence-corrected chi connectivity index (χ0v) is 22.5. The second kappa shape index (κ2) is 11.5. The number of hydrogen-bond donors (Lipinski definition) is 5. The Balaban J connectivity index is 1.52. The molecule has 0 aliphatic carbocycles. The van der Waals surface area contributed by atoms with Crippen LogP contribution in [0.2, 0.25) is 0 Å². The fraction of sp³-hybridized carbons (Fsp3) is 0.455. The Morgan fingerprint density at radius 2 is 2.00 bits per heavy atom. The molecular weight excluding hydrogens is 539 g/mol. The van der Waals surface area contributed by atoms with Gasteiger partial charge in [0.15, 0.2) is 17.4 Å². The minimum atomic E-state index is -3.41. The lowest BCUT2D eigenvalue weighted by Gasteiger charge is -2.28. The molecule has 0 saturated carbocycles. The van der Waals surface area contributed by atoms with Gasteiger partial charge in [0.2, 0.25) is 5.95 Å². The summed E-state index contributed by atoms with van der Waals surface area (Å²) in [6, 6.07) is 7.78. The van der Waals surface area contributed by atoms with Crippen LogP contribution in [0.4, 0.5) is 5.95 Å². The quantitative estimate of drug-likeness (QED) is 0.168. The van der Waals surface area contributed by atoms with E-state index in [0.717, 1.165) is 0 Å². The number of hydrogen-bond acceptors (Lipinski definition) is 12. The third-order valence-corrected chi connectivity index (χ3v) is 8.00. The second-order valence-electron chi connectivity index (χ2n) is 8.86. The number of H-pyrrole nitrogens is 1. The highest BCUT2D eigenvalue weighted by atomic mass is 32.5. The molecule has 4 unspecified atom stereocenters. The fourth-order valence-electron chi connectivity index (χ4n) is 3.73. The van der Waals surface area contributed by atoms with Gasteiger partial charge in [-0.05, 0) is 44.7 Å². The monoisotopic (exact) mass is 568 g/mol. The van der Waals surface area contributed by atoms with Crippen LogP contribution in [0.3, 0.4) is 0 Å². The van der Waals surface area contributed by atoms with E-state index in [9.17, 15) is 19.8 Å². The molecule has 0 radical (unpaired) electrons. The molecule has 206 valence electrons. The Hall–Kier alpha value is -2.91. The summed E-state index contributed by atoms with van der Waals surface area (Å²) < 4.78 is 24.3. The van der Waals surface area contributed by atoms with Crippen molar-refractivity contribution in [1.29, 1.82) is 0 Å². The van der Waals surface area contributed by atoms with Crippen LogP contribution < -0.4 is 20.9 Å². The average Bonchev–Trinajstić information content (AvgIpc) is 3.39. The second-order valence-corrected chi connectivity index (χ2v) is 12.0. The number of aliphatic hydroxyl groups is 2. The molecule has 1 aromatic carbocycles. The van der Waals surface area contributed by atoms with Gasteiger partial charge in [-0.2, -0.15) is 4.98 Å². The summed E-state index contributed by atoms with van der Waals surface area (Å²) in [5, 5.41) is 24.3. The molecule has 14 nitrogen and oxygen atoms in total. The number of nitrogen functional groups attached to an aromatic ring is 1. The fourth-order valence-corrected chi connectivity index (χ4v) is 6.15. The van der Waals surface area contributed by atoms with Crippen LogP contribution in [0, 0.1) is 0 Å². The number of esters is 1. The first-order valence-corrected chi connectivity index (χ1v) is 14.3. The van der Waals surface area contributed by atoms with Gasteiger partial charge >= 0.3 is 12.6 Å². The number of aromatic amines is 1. The van der Waals surface area contributed by atoms with E-state index in [1.165, 1.54) is 10.9 Å². The summed E-state index contributed by atoms with van der Waals surface area (Å²) in [6.45, 7) is 1.30. The molecule has 3 aromatic rings. The third kappa shape index (κ3) is 6.21. The number of anilines is 1. The number of para-hydroxylation sites is 1. The number of imidazole rings is 1. The van der Waals surface area contributed by atoms with Crippen LogP contribution in [-0.4, -0.2) is 72.8 Å². The van der Waals surface area contributed by atoms with E-state index < -0.39 is 48.8 Å². The Labute approximate surface area is 222 Å². The van der Waals surface area contributed by atoms with E-state index >= 15 is 0 Å². The van der Waals surface area contributed by atoms with Crippen molar-refractivity contribution in [2.45, 2.75) is 57.5 Å². The van der Waals surface area contributed by atoms with Crippen LogP contribution in [0.15, 0.2) is 41.5 Å². The van der Waals surface area contributed by atoms with Crippen molar-refractivity contribution in [2.75, 3.05) is 12.3 Å². The number of carbonyl (C=O) groups excluding carboxylic acids is 1. The molecule has 16 heteroatoms. The summed E-state index contributed by atoms with van der Waals surface area (Å²) in [5.41, 5.74) is 5.14. The Morgan fingerprint density at radius 1 is 1.29 bits per heavy atom. The largest absolute Gasteiger partial charge is 0.462 e. The van der Waals surface area contributed by atoms with Crippen molar-refractivity contribution in [3.8, 4) is 5.75 Å². The van der Waals surface area contributed by atoms with E-state index in [1.807, 2.05) is 0 Å². The van der Waals surface area contributed by atoms with Crippen molar-refractivity contribution >= 4 is 41.5 Å². The maximum absolute atomic E-state index is 12.4. The molecule has 2 aromatic heterocycles. The molecule has 6 atom stereocenters. The van der Waals surface area contributed by atoms with E-state index in [-0.39, 0.29) is 29.8 Å². The number of aromatic nitrogens is 4. The Morgan fingerprint density at radius 3 is 2.68 bits per heavy atom. The predicted octanol–water partition coefficient (Wildman–Crippen LogP) is 0.571. The molecule has 1 aliphatic rings. The molecule has 1 saturated heterocycles. The maximum atomic E-state index is 12.4. The molecule has 0 amide bonds. The zero-order chi connectivity index (χ0) is 27.6. The minimum absolute atomic E-state index is 0.0116. The lowest BCUT2D eigenvalue weighted by atomic mass is 10.1. The lowest BCUT2D eigenvalue weighted by Crippen LogP contribution is -2.38. The van der Waals surface area contributed by atoms with Gasteiger partial charge in [0.1, 0.15) is 30.1 Å². The number of nitrogens with one attached hydrogen (secondary N) is 2. The summed E-state index contributed by atoms with van der Waals surface area (Å²) >= 11 is 5.67. The van der Waals surface area contributed by atoms with Gasteiger partial charge in [-0.15, -0.1) is 0 Å². The summed E-state index contributed by atoms with van der Waals surface area (Å²) in [5.74, 6) is -0.291. The molecule has 4 rings (SSSR count). The van der Waals surface area contributed by atoms with Crippen molar-refractivity contribution in [2.24, 2.45) is 0 Å². The van der Waals surface area contributed by atoms with E-state index in [2.05, 4.69) is 20.0 Å². The summed E-state index contributed by atoms with van der Waals surface area (Å²) in [4.78, 5) is 34.9. The van der Waals surface area contributed by atoms with E-state index in [0.29, 0.717) is 5.75 Å². The maximum Gasteiger partial charge on any atom is 0.323 e. The van der Waals surface area contributed by atoms with Crippen LogP contribution in [-0.2, 0) is 30.6 Å². The number of aliphatic hydroxyl groups excluding tert-OH is 2. The highest BCUT2D eigenvalue weighted by Crippen LogP contribution is 2.46. The number of ether oxygens (including phenoxy) is 2. The van der Waals surface area contributed by atoms with Gasteiger partial charge in [0.05, 0.1) is 19.0 Å². The van der Waals surface area contributed by atoms with Crippen LogP contribution in [0.5, 0.6) is 5.75 Å². The summed E-state index contributed by atoms with van der Waals surface area (Å²) in [7, 11) is 0. The third-order valence-electron chi connectivity index (χ3n) is 5.50. The molecule has 3 heterocycles. The zero-order valence-electron chi connectivity index (χ0n) is 20.8. The average molecular weight is 569 g/mol. The number of benzene rings is 1. The molecular formula is C22H29N6O8PS. The first-order valence-electron chi connectivity index (χ1n) is 11.7. The van der Waals surface area contributed by atoms with Gasteiger partial charge < -0.3 is 34.5 Å². The highest BCUT2D eigenvalue weighted by Gasteiger charge is 2.45. The van der Waals surface area contributed by atoms with Gasteiger partial charge in [0, 0.05) is 0 Å². The molecule has 1 aliphatic heterocycles. The number of nitrogens with zero attached hydrogens (tertiary/aromatic N) is 3. The van der Waals surface area contributed by atoms with Crippen molar-refractivity contribution in [3.05, 3.63) is 47.0 Å². The van der Waals surface area contributed by atoms with E-state index in [1.54, 1.807) is 51.1 Å².